The number of carbonyl (C=O) groups is 1. The molecule has 3 heterocycles. The molecule has 0 bridgehead atoms. The third kappa shape index (κ3) is 5.08. The fraction of sp³-hybridized carbons (Fsp3) is 0.500. The summed E-state index contributed by atoms with van der Waals surface area (Å²) in [5, 5.41) is 0.816. The number of hydrogen-bond acceptors (Lipinski definition) is 6. The molecule has 2 saturated heterocycles. The second kappa shape index (κ2) is 9.59. The smallest absolute Gasteiger partial charge is 0.254 e. The first-order chi connectivity index (χ1) is 14.2. The lowest BCUT2D eigenvalue weighted by Gasteiger charge is -2.27. The van der Waals surface area contributed by atoms with E-state index in [1.54, 1.807) is 11.8 Å². The Morgan fingerprint density at radius 3 is 2.66 bits per heavy atom. The fourth-order valence-electron chi connectivity index (χ4n) is 3.70. The van der Waals surface area contributed by atoms with Crippen molar-refractivity contribution in [1.82, 2.24) is 14.9 Å². The van der Waals surface area contributed by atoms with E-state index >= 15 is 0 Å². The molecule has 0 spiro atoms. The second-order valence-electron chi connectivity index (χ2n) is 7.44. The third-order valence-corrected chi connectivity index (χ3v) is 6.30. The van der Waals surface area contributed by atoms with Gasteiger partial charge in [-0.15, -0.1) is 0 Å². The number of rotatable bonds is 6. The Morgan fingerprint density at radius 1 is 1.10 bits per heavy atom. The van der Waals surface area contributed by atoms with Crippen LogP contribution < -0.4 is 4.90 Å². The molecule has 7 heteroatoms. The highest BCUT2D eigenvalue weighted by molar-refractivity contribution is 7.98. The molecule has 2 aliphatic heterocycles. The standard InChI is InChI=1S/C22H28N4O2S/c1-2-19-15-20(25-8-3-4-9-25)24-22(23-19)29-16-17-6-5-7-18(14-17)21(27)26-10-12-28-13-11-26/h5-7,14-15H,2-4,8-13,16H2,1H3. The van der Waals surface area contributed by atoms with Gasteiger partial charge in [0, 0.05) is 49.3 Å². The lowest BCUT2D eigenvalue weighted by molar-refractivity contribution is 0.0303. The first-order valence-corrected chi connectivity index (χ1v) is 11.4. The zero-order valence-electron chi connectivity index (χ0n) is 17.0. The van der Waals surface area contributed by atoms with Crippen molar-refractivity contribution < 1.29 is 9.53 Å². The molecule has 1 aromatic heterocycles. The average molecular weight is 413 g/mol. The number of ether oxygens (including phenoxy) is 1. The number of aromatic nitrogens is 2. The Balaban J connectivity index is 1.44. The Labute approximate surface area is 176 Å². The van der Waals surface area contributed by atoms with E-state index < -0.39 is 0 Å². The van der Waals surface area contributed by atoms with E-state index in [1.165, 1.54) is 12.8 Å². The summed E-state index contributed by atoms with van der Waals surface area (Å²) in [6.45, 7) is 6.85. The van der Waals surface area contributed by atoms with Gasteiger partial charge in [-0.25, -0.2) is 9.97 Å². The molecule has 1 amide bonds. The van der Waals surface area contributed by atoms with Gasteiger partial charge in [0.25, 0.3) is 5.91 Å². The van der Waals surface area contributed by atoms with Gasteiger partial charge in [0.1, 0.15) is 5.82 Å². The monoisotopic (exact) mass is 412 g/mol. The van der Waals surface area contributed by atoms with Crippen LogP contribution >= 0.6 is 11.8 Å². The highest BCUT2D eigenvalue weighted by atomic mass is 32.2. The van der Waals surface area contributed by atoms with Crippen LogP contribution in [0.3, 0.4) is 0 Å². The van der Waals surface area contributed by atoms with Gasteiger partial charge in [-0.3, -0.25) is 4.79 Å². The lowest BCUT2D eigenvalue weighted by atomic mass is 10.1. The molecule has 0 atom stereocenters. The van der Waals surface area contributed by atoms with Crippen LogP contribution in [0.5, 0.6) is 0 Å². The number of aryl methyl sites for hydroxylation is 1. The van der Waals surface area contributed by atoms with E-state index in [0.29, 0.717) is 26.3 Å². The highest BCUT2D eigenvalue weighted by Gasteiger charge is 2.19. The molecule has 0 saturated carbocycles. The number of hydrogen-bond donors (Lipinski definition) is 0. The van der Waals surface area contributed by atoms with E-state index in [1.807, 2.05) is 23.1 Å². The van der Waals surface area contributed by atoms with Gasteiger partial charge >= 0.3 is 0 Å². The number of morpholine rings is 1. The summed E-state index contributed by atoms with van der Waals surface area (Å²) >= 11 is 1.64. The Kier molecular flexibility index (Phi) is 6.67. The fourth-order valence-corrected chi connectivity index (χ4v) is 4.52. The maximum Gasteiger partial charge on any atom is 0.254 e. The Hall–Kier alpha value is -2.12. The van der Waals surface area contributed by atoms with Gasteiger partial charge in [-0.05, 0) is 37.0 Å². The number of amides is 1. The molecule has 2 fully saturated rings. The highest BCUT2D eigenvalue weighted by Crippen LogP contribution is 2.25. The zero-order chi connectivity index (χ0) is 20.1. The zero-order valence-corrected chi connectivity index (χ0v) is 17.8. The van der Waals surface area contributed by atoms with E-state index in [2.05, 4.69) is 24.0 Å². The van der Waals surface area contributed by atoms with Crippen LogP contribution in [0.15, 0.2) is 35.5 Å². The Bertz CT molecular complexity index is 848. The van der Waals surface area contributed by atoms with Crippen LogP contribution in [0.4, 0.5) is 5.82 Å². The molecular formula is C22H28N4O2S. The van der Waals surface area contributed by atoms with Gasteiger partial charge in [-0.1, -0.05) is 30.8 Å². The van der Waals surface area contributed by atoms with Gasteiger partial charge in [-0.2, -0.15) is 0 Å². The molecule has 2 aliphatic rings. The lowest BCUT2D eigenvalue weighted by Crippen LogP contribution is -2.40. The van der Waals surface area contributed by atoms with Crippen LogP contribution in [-0.4, -0.2) is 60.2 Å². The summed E-state index contributed by atoms with van der Waals surface area (Å²) in [6, 6.07) is 10.0. The molecule has 154 valence electrons. The molecular weight excluding hydrogens is 384 g/mol. The summed E-state index contributed by atoms with van der Waals surface area (Å²) < 4.78 is 5.35. The molecule has 0 N–H and O–H groups in total. The Morgan fingerprint density at radius 2 is 1.90 bits per heavy atom. The average Bonchev–Trinajstić information content (AvgIpc) is 3.33. The summed E-state index contributed by atoms with van der Waals surface area (Å²) in [6.07, 6.45) is 3.37. The number of anilines is 1. The van der Waals surface area contributed by atoms with Gasteiger partial charge in [0.2, 0.25) is 0 Å². The van der Waals surface area contributed by atoms with Gasteiger partial charge in [0.15, 0.2) is 5.16 Å². The maximum absolute atomic E-state index is 12.7. The van der Waals surface area contributed by atoms with Crippen molar-refractivity contribution in [1.29, 1.82) is 0 Å². The topological polar surface area (TPSA) is 58.6 Å². The van der Waals surface area contributed by atoms with Gasteiger partial charge in [0.05, 0.1) is 13.2 Å². The molecule has 4 rings (SSSR count). The predicted octanol–water partition coefficient (Wildman–Crippen LogP) is 3.40. The summed E-state index contributed by atoms with van der Waals surface area (Å²) in [5.41, 5.74) is 2.94. The molecule has 0 radical (unpaired) electrons. The minimum atomic E-state index is 0.0840. The van der Waals surface area contributed by atoms with Crippen LogP contribution in [-0.2, 0) is 16.9 Å². The number of carbonyl (C=O) groups excluding carboxylic acids is 1. The van der Waals surface area contributed by atoms with Crippen molar-refractivity contribution in [2.45, 2.75) is 37.1 Å². The number of thioether (sulfide) groups is 1. The molecule has 0 aliphatic carbocycles. The minimum Gasteiger partial charge on any atom is -0.378 e. The van der Waals surface area contributed by atoms with E-state index in [9.17, 15) is 4.79 Å². The maximum atomic E-state index is 12.7. The van der Waals surface area contributed by atoms with Crippen molar-refractivity contribution >= 4 is 23.5 Å². The van der Waals surface area contributed by atoms with Crippen molar-refractivity contribution in [3.63, 3.8) is 0 Å². The largest absolute Gasteiger partial charge is 0.378 e. The van der Waals surface area contributed by atoms with E-state index in [0.717, 1.165) is 53.1 Å². The molecule has 6 nitrogen and oxygen atoms in total. The molecule has 0 unspecified atom stereocenters. The summed E-state index contributed by atoms with van der Waals surface area (Å²) in [7, 11) is 0. The normalized spacial score (nSPS) is 17.0. The van der Waals surface area contributed by atoms with E-state index in [-0.39, 0.29) is 5.91 Å². The molecule has 1 aromatic carbocycles. The molecule has 2 aromatic rings. The SMILES string of the molecule is CCc1cc(N2CCCC2)nc(SCc2cccc(C(=O)N3CCOCC3)c2)n1. The van der Waals surface area contributed by atoms with Crippen molar-refractivity contribution in [2.75, 3.05) is 44.3 Å². The minimum absolute atomic E-state index is 0.0840. The van der Waals surface area contributed by atoms with Crippen LogP contribution in [0.25, 0.3) is 0 Å². The quantitative estimate of drug-likeness (QED) is 0.535. The predicted molar refractivity (Wildman–Crippen MR) is 116 cm³/mol. The molecule has 29 heavy (non-hydrogen) atoms. The first kappa shape index (κ1) is 20.2. The summed E-state index contributed by atoms with van der Waals surface area (Å²) in [5.74, 6) is 1.88. The van der Waals surface area contributed by atoms with Crippen molar-refractivity contribution in [3.8, 4) is 0 Å². The number of benzene rings is 1. The number of nitrogens with zero attached hydrogens (tertiary/aromatic N) is 4. The van der Waals surface area contributed by atoms with Crippen molar-refractivity contribution in [2.24, 2.45) is 0 Å². The first-order valence-electron chi connectivity index (χ1n) is 10.4. The van der Waals surface area contributed by atoms with Crippen molar-refractivity contribution in [3.05, 3.63) is 47.2 Å². The van der Waals surface area contributed by atoms with Gasteiger partial charge < -0.3 is 14.5 Å². The van der Waals surface area contributed by atoms with E-state index in [4.69, 9.17) is 14.7 Å². The summed E-state index contributed by atoms with van der Waals surface area (Å²) in [4.78, 5) is 26.5. The van der Waals surface area contributed by atoms with Crippen LogP contribution in [0, 0.1) is 0 Å². The van der Waals surface area contributed by atoms with Crippen LogP contribution in [0.2, 0.25) is 0 Å². The third-order valence-electron chi connectivity index (χ3n) is 5.38. The van der Waals surface area contributed by atoms with Crippen LogP contribution in [0.1, 0.15) is 41.4 Å². The second-order valence-corrected chi connectivity index (χ2v) is 8.38.